The minimum atomic E-state index is -0.534. The van der Waals surface area contributed by atoms with E-state index in [1.165, 1.54) is 60.7 Å². The molecule has 0 spiro atoms. The quantitative estimate of drug-likeness (QED) is 0.456. The number of hydrogen-bond donors (Lipinski definition) is 0. The fourth-order valence-electron chi connectivity index (χ4n) is 1.99. The molecule has 0 aliphatic heterocycles. The maximum absolute atomic E-state index is 11.8. The van der Waals surface area contributed by atoms with E-state index in [9.17, 15) is 25.0 Å². The van der Waals surface area contributed by atoms with E-state index in [4.69, 9.17) is 0 Å². The number of nitrogens with zero attached hydrogens (tertiary/aromatic N) is 2. The van der Waals surface area contributed by atoms with Gasteiger partial charge in [0.2, 0.25) is 0 Å². The molecule has 0 aliphatic rings. The second kappa shape index (κ2) is 7.59. The molecule has 0 saturated heterocycles. The van der Waals surface area contributed by atoms with E-state index in [0.717, 1.165) is 0 Å². The van der Waals surface area contributed by atoms with Crippen LogP contribution in [-0.4, -0.2) is 15.6 Å². The molecule has 0 amide bonds. The SMILES string of the molecule is O=C(/C=C/c1ccccc1[N+](=O)[O-])/C=C/c1ccccc1[N+](=O)[O-]. The standard InChI is InChI=1S/C17H12N2O5/c20-15(11-9-13-5-1-3-7-16(13)18(21)22)12-10-14-6-2-4-8-17(14)19(23)24/h1-12H/b11-9+,12-10+. The van der Waals surface area contributed by atoms with Gasteiger partial charge in [-0.1, -0.05) is 24.3 Å². The van der Waals surface area contributed by atoms with Crippen LogP contribution in [0.2, 0.25) is 0 Å². The summed E-state index contributed by atoms with van der Waals surface area (Å²) in [5.41, 5.74) is 0.387. The Morgan fingerprint density at radius 1 is 0.750 bits per heavy atom. The van der Waals surface area contributed by atoms with Gasteiger partial charge in [-0.25, -0.2) is 0 Å². The minimum Gasteiger partial charge on any atom is -0.290 e. The molecule has 0 unspecified atom stereocenters. The Morgan fingerprint density at radius 2 is 1.12 bits per heavy atom. The van der Waals surface area contributed by atoms with Crippen LogP contribution in [-0.2, 0) is 4.79 Å². The molecule has 0 atom stereocenters. The number of carbonyl (C=O) groups is 1. The molecule has 2 aromatic rings. The molecule has 0 heterocycles. The molecule has 0 fully saturated rings. The third-order valence-corrected chi connectivity index (χ3v) is 3.12. The first-order valence-electron chi connectivity index (χ1n) is 6.86. The third-order valence-electron chi connectivity index (χ3n) is 3.12. The average Bonchev–Trinajstić information content (AvgIpc) is 2.58. The molecule has 0 aromatic heterocycles. The van der Waals surface area contributed by atoms with Crippen molar-refractivity contribution in [3.05, 3.63) is 92.0 Å². The number of rotatable bonds is 6. The van der Waals surface area contributed by atoms with Crippen molar-refractivity contribution in [2.24, 2.45) is 0 Å². The van der Waals surface area contributed by atoms with Gasteiger partial charge in [-0.2, -0.15) is 0 Å². The van der Waals surface area contributed by atoms with E-state index in [1.54, 1.807) is 12.1 Å². The minimum absolute atomic E-state index is 0.107. The van der Waals surface area contributed by atoms with Crippen molar-refractivity contribution in [3.8, 4) is 0 Å². The lowest BCUT2D eigenvalue weighted by Gasteiger charge is -1.96. The zero-order valence-electron chi connectivity index (χ0n) is 12.4. The van der Waals surface area contributed by atoms with Gasteiger partial charge in [0.05, 0.1) is 21.0 Å². The summed E-state index contributed by atoms with van der Waals surface area (Å²) >= 11 is 0. The number of carbonyl (C=O) groups excluding carboxylic acids is 1. The van der Waals surface area contributed by atoms with Crippen molar-refractivity contribution in [3.63, 3.8) is 0 Å². The Bertz CT molecular complexity index is 786. The normalized spacial score (nSPS) is 11.0. The molecule has 2 aromatic carbocycles. The van der Waals surface area contributed by atoms with Crippen LogP contribution in [0.3, 0.4) is 0 Å². The zero-order chi connectivity index (χ0) is 17.5. The molecule has 0 saturated carbocycles. The number of allylic oxidation sites excluding steroid dienone is 2. The van der Waals surface area contributed by atoms with Crippen LogP contribution in [0.5, 0.6) is 0 Å². The van der Waals surface area contributed by atoms with Crippen LogP contribution in [0, 0.1) is 20.2 Å². The average molecular weight is 324 g/mol. The van der Waals surface area contributed by atoms with Gasteiger partial charge in [-0.3, -0.25) is 25.0 Å². The molecule has 0 aliphatic carbocycles. The Labute approximate surface area is 136 Å². The second-order valence-electron chi connectivity index (χ2n) is 4.70. The topological polar surface area (TPSA) is 103 Å². The summed E-state index contributed by atoms with van der Waals surface area (Å²) in [5, 5.41) is 21.8. The smallest absolute Gasteiger partial charge is 0.276 e. The summed E-state index contributed by atoms with van der Waals surface area (Å²) in [6.45, 7) is 0. The van der Waals surface area contributed by atoms with Gasteiger partial charge < -0.3 is 0 Å². The molecular formula is C17H12N2O5. The van der Waals surface area contributed by atoms with E-state index in [0.29, 0.717) is 11.1 Å². The molecule has 0 N–H and O–H groups in total. The van der Waals surface area contributed by atoms with Gasteiger partial charge in [0, 0.05) is 12.1 Å². The zero-order valence-corrected chi connectivity index (χ0v) is 12.4. The highest BCUT2D eigenvalue weighted by atomic mass is 16.6. The number of nitro benzene ring substituents is 2. The van der Waals surface area contributed by atoms with Crippen LogP contribution < -0.4 is 0 Å². The number of nitro groups is 2. The molecule has 7 nitrogen and oxygen atoms in total. The second-order valence-corrected chi connectivity index (χ2v) is 4.70. The van der Waals surface area contributed by atoms with Crippen LogP contribution >= 0.6 is 0 Å². The Kier molecular flexibility index (Phi) is 5.30. The van der Waals surface area contributed by atoms with Crippen molar-refractivity contribution >= 4 is 29.3 Å². The highest BCUT2D eigenvalue weighted by Crippen LogP contribution is 2.20. The summed E-state index contributed by atoms with van der Waals surface area (Å²) in [7, 11) is 0. The lowest BCUT2D eigenvalue weighted by atomic mass is 10.1. The van der Waals surface area contributed by atoms with Crippen molar-refractivity contribution in [2.75, 3.05) is 0 Å². The molecule has 2 rings (SSSR count). The molecule has 7 heteroatoms. The summed E-state index contributed by atoms with van der Waals surface area (Å²) in [6, 6.07) is 12.0. The first-order valence-corrected chi connectivity index (χ1v) is 6.86. The van der Waals surface area contributed by atoms with E-state index >= 15 is 0 Å². The summed E-state index contributed by atoms with van der Waals surface area (Å²) < 4.78 is 0. The number of benzene rings is 2. The molecule has 24 heavy (non-hydrogen) atoms. The predicted octanol–water partition coefficient (Wildman–Crippen LogP) is 3.80. The Balaban J connectivity index is 2.17. The first-order chi connectivity index (χ1) is 11.5. The van der Waals surface area contributed by atoms with E-state index in [2.05, 4.69) is 0 Å². The fourth-order valence-corrected chi connectivity index (χ4v) is 1.99. The molecular weight excluding hydrogens is 312 g/mol. The van der Waals surface area contributed by atoms with Gasteiger partial charge in [-0.15, -0.1) is 0 Å². The van der Waals surface area contributed by atoms with Gasteiger partial charge in [0.1, 0.15) is 0 Å². The lowest BCUT2D eigenvalue weighted by molar-refractivity contribution is -0.385. The van der Waals surface area contributed by atoms with E-state index < -0.39 is 15.6 Å². The van der Waals surface area contributed by atoms with Gasteiger partial charge in [-0.05, 0) is 36.4 Å². The van der Waals surface area contributed by atoms with Gasteiger partial charge >= 0.3 is 0 Å². The monoisotopic (exact) mass is 324 g/mol. The molecule has 0 radical (unpaired) electrons. The predicted molar refractivity (Wildman–Crippen MR) is 89.3 cm³/mol. The van der Waals surface area contributed by atoms with Crippen LogP contribution in [0.15, 0.2) is 60.7 Å². The lowest BCUT2D eigenvalue weighted by Crippen LogP contribution is -1.92. The first kappa shape index (κ1) is 16.8. The third kappa shape index (κ3) is 4.20. The number of ketones is 1. The van der Waals surface area contributed by atoms with E-state index in [-0.39, 0.29) is 11.4 Å². The van der Waals surface area contributed by atoms with Gasteiger partial charge in [0.25, 0.3) is 11.4 Å². The van der Waals surface area contributed by atoms with Crippen molar-refractivity contribution in [2.45, 2.75) is 0 Å². The highest BCUT2D eigenvalue weighted by molar-refractivity contribution is 6.04. The molecule has 120 valence electrons. The van der Waals surface area contributed by atoms with Crippen LogP contribution in [0.4, 0.5) is 11.4 Å². The Hall–Kier alpha value is -3.61. The maximum Gasteiger partial charge on any atom is 0.276 e. The van der Waals surface area contributed by atoms with E-state index in [1.807, 2.05) is 0 Å². The number of hydrogen-bond acceptors (Lipinski definition) is 5. The molecule has 0 bridgehead atoms. The fraction of sp³-hybridized carbons (Fsp3) is 0. The summed E-state index contributed by atoms with van der Waals surface area (Å²) in [5.74, 6) is -0.439. The number of para-hydroxylation sites is 2. The van der Waals surface area contributed by atoms with Crippen LogP contribution in [0.1, 0.15) is 11.1 Å². The highest BCUT2D eigenvalue weighted by Gasteiger charge is 2.10. The van der Waals surface area contributed by atoms with Crippen molar-refractivity contribution in [1.29, 1.82) is 0 Å². The van der Waals surface area contributed by atoms with Gasteiger partial charge in [0.15, 0.2) is 5.78 Å². The van der Waals surface area contributed by atoms with Crippen LogP contribution in [0.25, 0.3) is 12.2 Å². The summed E-state index contributed by atoms with van der Waals surface area (Å²) in [6.07, 6.45) is 5.02. The maximum atomic E-state index is 11.8. The summed E-state index contributed by atoms with van der Waals surface area (Å²) in [4.78, 5) is 32.5. The van der Waals surface area contributed by atoms with Crippen molar-refractivity contribution < 1.29 is 14.6 Å². The largest absolute Gasteiger partial charge is 0.290 e. The van der Waals surface area contributed by atoms with Crippen molar-refractivity contribution in [1.82, 2.24) is 0 Å². The Morgan fingerprint density at radius 3 is 1.50 bits per heavy atom.